The van der Waals surface area contributed by atoms with Gasteiger partial charge in [0.15, 0.2) is 5.43 Å². The fourth-order valence-corrected chi connectivity index (χ4v) is 3.06. The number of Topliss-reactive ketones (excluding diaryl/α,β-unsaturated/α-hetero) is 1. The molecule has 0 spiro atoms. The molecular weight excluding hydrogens is 316 g/mol. The number of ketones is 1. The van der Waals surface area contributed by atoms with Crippen molar-refractivity contribution in [1.29, 1.82) is 0 Å². The lowest BCUT2D eigenvalue weighted by molar-refractivity contribution is -0.118. The van der Waals surface area contributed by atoms with E-state index in [1.807, 2.05) is 37.3 Å². The Morgan fingerprint density at radius 2 is 1.88 bits per heavy atom. The van der Waals surface area contributed by atoms with E-state index in [1.54, 1.807) is 19.2 Å². The number of fused-ring (bicyclic) bond motifs is 1. The van der Waals surface area contributed by atoms with Crippen molar-refractivity contribution in [2.24, 2.45) is 0 Å². The van der Waals surface area contributed by atoms with Crippen molar-refractivity contribution in [2.75, 3.05) is 7.11 Å². The van der Waals surface area contributed by atoms with E-state index in [-0.39, 0.29) is 11.2 Å². The lowest BCUT2D eigenvalue weighted by atomic mass is 9.93. The van der Waals surface area contributed by atoms with Crippen molar-refractivity contribution in [3.05, 3.63) is 75.6 Å². The van der Waals surface area contributed by atoms with Gasteiger partial charge >= 0.3 is 0 Å². The summed E-state index contributed by atoms with van der Waals surface area (Å²) in [6.45, 7) is 3.36. The summed E-state index contributed by atoms with van der Waals surface area (Å²) in [6, 6.07) is 14.6. The van der Waals surface area contributed by atoms with Crippen LogP contribution in [0.2, 0.25) is 0 Å². The molecule has 1 atom stereocenters. The predicted octanol–water partition coefficient (Wildman–Crippen LogP) is 4.03. The van der Waals surface area contributed by atoms with Crippen molar-refractivity contribution in [3.8, 4) is 5.75 Å². The third-order valence-electron chi connectivity index (χ3n) is 4.37. The second-order valence-corrected chi connectivity index (χ2v) is 6.18. The summed E-state index contributed by atoms with van der Waals surface area (Å²) >= 11 is 0. The second kappa shape index (κ2) is 6.93. The normalized spacial score (nSPS) is 12.1. The molecule has 25 heavy (non-hydrogen) atoms. The SMILES string of the molecule is COc1cc(C)c2c(=O)cc(C(Cc3ccccc3)C(C)=O)oc2c1. The number of ether oxygens (including phenoxy) is 1. The zero-order valence-corrected chi connectivity index (χ0v) is 14.5. The maximum Gasteiger partial charge on any atom is 0.193 e. The fourth-order valence-electron chi connectivity index (χ4n) is 3.06. The first-order chi connectivity index (χ1) is 12.0. The first-order valence-corrected chi connectivity index (χ1v) is 8.16. The van der Waals surface area contributed by atoms with Gasteiger partial charge in [0.05, 0.1) is 18.4 Å². The van der Waals surface area contributed by atoms with Crippen molar-refractivity contribution >= 4 is 16.8 Å². The molecule has 0 saturated carbocycles. The first-order valence-electron chi connectivity index (χ1n) is 8.16. The van der Waals surface area contributed by atoms with Crippen LogP contribution in [0.25, 0.3) is 11.0 Å². The highest BCUT2D eigenvalue weighted by atomic mass is 16.5. The summed E-state index contributed by atoms with van der Waals surface area (Å²) in [5, 5.41) is 0.520. The van der Waals surface area contributed by atoms with Crippen LogP contribution in [0.3, 0.4) is 0 Å². The summed E-state index contributed by atoms with van der Waals surface area (Å²) in [4.78, 5) is 24.8. The molecule has 4 heteroatoms. The van der Waals surface area contributed by atoms with E-state index in [1.165, 1.54) is 13.0 Å². The largest absolute Gasteiger partial charge is 0.497 e. The molecular formula is C21H20O4. The quantitative estimate of drug-likeness (QED) is 0.706. The van der Waals surface area contributed by atoms with Crippen molar-refractivity contribution < 1.29 is 13.9 Å². The van der Waals surface area contributed by atoms with Gasteiger partial charge in [-0.25, -0.2) is 0 Å². The summed E-state index contributed by atoms with van der Waals surface area (Å²) in [5.41, 5.74) is 2.11. The Balaban J connectivity index is 2.12. The molecule has 2 aromatic carbocycles. The lowest BCUT2D eigenvalue weighted by Crippen LogP contribution is -2.15. The van der Waals surface area contributed by atoms with Crippen LogP contribution in [0.5, 0.6) is 5.75 Å². The monoisotopic (exact) mass is 336 g/mol. The van der Waals surface area contributed by atoms with E-state index in [2.05, 4.69) is 0 Å². The van der Waals surface area contributed by atoms with Crippen LogP contribution in [-0.2, 0) is 11.2 Å². The van der Waals surface area contributed by atoms with Gasteiger partial charge in [0.25, 0.3) is 0 Å². The molecule has 0 bridgehead atoms. The Kier molecular flexibility index (Phi) is 4.70. The molecule has 0 N–H and O–H groups in total. The molecule has 0 aliphatic rings. The van der Waals surface area contributed by atoms with Gasteiger partial charge in [-0.2, -0.15) is 0 Å². The molecule has 0 saturated heterocycles. The first kappa shape index (κ1) is 17.0. The van der Waals surface area contributed by atoms with Crippen LogP contribution in [0.4, 0.5) is 0 Å². The highest BCUT2D eigenvalue weighted by Crippen LogP contribution is 2.28. The molecule has 0 aliphatic carbocycles. The van der Waals surface area contributed by atoms with E-state index in [9.17, 15) is 9.59 Å². The minimum absolute atomic E-state index is 0.0361. The van der Waals surface area contributed by atoms with Gasteiger partial charge in [-0.15, -0.1) is 0 Å². The van der Waals surface area contributed by atoms with E-state index < -0.39 is 5.92 Å². The third-order valence-corrected chi connectivity index (χ3v) is 4.37. The number of carbonyl (C=O) groups excluding carboxylic acids is 1. The minimum Gasteiger partial charge on any atom is -0.497 e. The molecule has 3 aromatic rings. The number of benzene rings is 2. The lowest BCUT2D eigenvalue weighted by Gasteiger charge is -2.14. The molecule has 1 unspecified atom stereocenters. The van der Waals surface area contributed by atoms with Crippen LogP contribution >= 0.6 is 0 Å². The van der Waals surface area contributed by atoms with Gasteiger partial charge in [0, 0.05) is 12.1 Å². The van der Waals surface area contributed by atoms with E-state index in [4.69, 9.17) is 9.15 Å². The van der Waals surface area contributed by atoms with Crippen molar-refractivity contribution in [2.45, 2.75) is 26.2 Å². The van der Waals surface area contributed by atoms with Crippen LogP contribution in [0.1, 0.15) is 29.7 Å². The van der Waals surface area contributed by atoms with Gasteiger partial charge in [-0.1, -0.05) is 30.3 Å². The van der Waals surface area contributed by atoms with Gasteiger partial charge in [-0.05, 0) is 37.5 Å². The highest BCUT2D eigenvalue weighted by Gasteiger charge is 2.22. The number of carbonyl (C=O) groups is 1. The zero-order chi connectivity index (χ0) is 18.0. The standard InChI is InChI=1S/C21H20O4/c1-13-9-16(24-3)11-20-21(13)18(23)12-19(25-20)17(14(2)22)10-15-7-5-4-6-8-15/h4-9,11-12,17H,10H2,1-3H3. The summed E-state index contributed by atoms with van der Waals surface area (Å²) in [6.07, 6.45) is 0.494. The molecule has 4 nitrogen and oxygen atoms in total. The molecule has 0 aliphatic heterocycles. The summed E-state index contributed by atoms with van der Waals surface area (Å²) < 4.78 is 11.2. The maximum atomic E-state index is 12.6. The number of hydrogen-bond acceptors (Lipinski definition) is 4. The third kappa shape index (κ3) is 3.48. The van der Waals surface area contributed by atoms with Gasteiger partial charge in [0.2, 0.25) is 0 Å². The number of aryl methyl sites for hydroxylation is 1. The Hall–Kier alpha value is -2.88. The van der Waals surface area contributed by atoms with Crippen LogP contribution in [0, 0.1) is 6.92 Å². The van der Waals surface area contributed by atoms with Crippen LogP contribution < -0.4 is 10.2 Å². The number of hydrogen-bond donors (Lipinski definition) is 0. The molecule has 128 valence electrons. The Morgan fingerprint density at radius 1 is 1.16 bits per heavy atom. The van der Waals surface area contributed by atoms with Gasteiger partial charge in [0.1, 0.15) is 22.9 Å². The average molecular weight is 336 g/mol. The van der Waals surface area contributed by atoms with E-state index in [0.717, 1.165) is 11.1 Å². The van der Waals surface area contributed by atoms with Crippen molar-refractivity contribution in [1.82, 2.24) is 0 Å². The van der Waals surface area contributed by atoms with Gasteiger partial charge < -0.3 is 9.15 Å². The highest BCUT2D eigenvalue weighted by molar-refractivity contribution is 5.85. The zero-order valence-electron chi connectivity index (χ0n) is 14.5. The van der Waals surface area contributed by atoms with E-state index in [0.29, 0.717) is 28.9 Å². The molecule has 0 radical (unpaired) electrons. The van der Waals surface area contributed by atoms with Gasteiger partial charge in [-0.3, -0.25) is 9.59 Å². The molecule has 1 aromatic heterocycles. The molecule has 3 rings (SSSR count). The molecule has 1 heterocycles. The predicted molar refractivity (Wildman–Crippen MR) is 97.3 cm³/mol. The van der Waals surface area contributed by atoms with Crippen LogP contribution in [0.15, 0.2) is 57.7 Å². The van der Waals surface area contributed by atoms with E-state index >= 15 is 0 Å². The summed E-state index contributed by atoms with van der Waals surface area (Å²) in [5.74, 6) is 0.478. The second-order valence-electron chi connectivity index (χ2n) is 6.18. The topological polar surface area (TPSA) is 56.5 Å². The Labute approximate surface area is 146 Å². The fraction of sp³-hybridized carbons (Fsp3) is 0.238. The summed E-state index contributed by atoms with van der Waals surface area (Å²) in [7, 11) is 1.57. The number of methoxy groups -OCH3 is 1. The number of rotatable bonds is 5. The Morgan fingerprint density at radius 3 is 2.52 bits per heavy atom. The van der Waals surface area contributed by atoms with Crippen LogP contribution in [-0.4, -0.2) is 12.9 Å². The minimum atomic E-state index is -0.494. The molecule has 0 amide bonds. The molecule has 0 fully saturated rings. The Bertz CT molecular complexity index is 970. The average Bonchev–Trinajstić information content (AvgIpc) is 2.59. The smallest absolute Gasteiger partial charge is 0.193 e. The maximum absolute atomic E-state index is 12.6. The van der Waals surface area contributed by atoms with Crippen molar-refractivity contribution in [3.63, 3.8) is 0 Å².